The molecule has 3 atom stereocenters. The first-order valence-electron chi connectivity index (χ1n) is 13.4. The first-order valence-corrected chi connectivity index (χ1v) is 13.4. The smallest absolute Gasteiger partial charge is 0.336 e. The van der Waals surface area contributed by atoms with Crippen LogP contribution in [0.1, 0.15) is 63.5 Å². The minimum atomic E-state index is -0.645. The van der Waals surface area contributed by atoms with E-state index in [0.717, 1.165) is 5.56 Å². The zero-order valence-corrected chi connectivity index (χ0v) is 23.7. The van der Waals surface area contributed by atoms with E-state index in [0.29, 0.717) is 52.8 Å². The van der Waals surface area contributed by atoms with Crippen molar-refractivity contribution in [3.63, 3.8) is 0 Å². The van der Waals surface area contributed by atoms with Crippen LogP contribution in [0.3, 0.4) is 0 Å². The van der Waals surface area contributed by atoms with Gasteiger partial charge >= 0.3 is 11.9 Å². The Labute approximate surface area is 234 Å². The summed E-state index contributed by atoms with van der Waals surface area (Å²) in [4.78, 5) is 43.6. The molecule has 0 radical (unpaired) electrons. The zero-order valence-electron chi connectivity index (χ0n) is 23.7. The van der Waals surface area contributed by atoms with Crippen molar-refractivity contribution in [2.24, 2.45) is 10.9 Å². The van der Waals surface area contributed by atoms with Gasteiger partial charge in [0, 0.05) is 30.7 Å². The predicted molar refractivity (Wildman–Crippen MR) is 148 cm³/mol. The molecule has 0 aromatic heterocycles. The van der Waals surface area contributed by atoms with Crippen molar-refractivity contribution in [3.05, 3.63) is 58.8 Å². The van der Waals surface area contributed by atoms with Crippen LogP contribution in [0.4, 0.5) is 0 Å². The number of allylic oxidation sites excluding steroid dienone is 1. The Morgan fingerprint density at radius 2 is 1.55 bits per heavy atom. The first-order chi connectivity index (χ1) is 19.2. The summed E-state index contributed by atoms with van der Waals surface area (Å²) in [5, 5.41) is 0. The first kappa shape index (κ1) is 28.9. The summed E-state index contributed by atoms with van der Waals surface area (Å²) >= 11 is 0. The minimum absolute atomic E-state index is 0.0221. The molecule has 4 rings (SSSR count). The number of ether oxygens (including phenoxy) is 5. The summed E-state index contributed by atoms with van der Waals surface area (Å²) in [5.41, 5.74) is 3.20. The number of ketones is 1. The van der Waals surface area contributed by atoms with Gasteiger partial charge in [0.25, 0.3) is 0 Å². The lowest BCUT2D eigenvalue weighted by Gasteiger charge is -2.38. The molecule has 212 valence electrons. The van der Waals surface area contributed by atoms with Crippen LogP contribution in [0.25, 0.3) is 0 Å². The maximum absolute atomic E-state index is 13.9. The molecule has 1 aliphatic carbocycles. The van der Waals surface area contributed by atoms with Crippen LogP contribution in [0, 0.1) is 5.92 Å². The van der Waals surface area contributed by atoms with Gasteiger partial charge in [-0.3, -0.25) is 14.6 Å². The Kier molecular flexibility index (Phi) is 8.92. The molecular formula is C31H35NO8. The van der Waals surface area contributed by atoms with Crippen LogP contribution < -0.4 is 18.9 Å². The summed E-state index contributed by atoms with van der Waals surface area (Å²) in [5.74, 6) is -0.564. The highest BCUT2D eigenvalue weighted by molar-refractivity contribution is 6.12. The molecule has 0 N–H and O–H groups in total. The quantitative estimate of drug-likeness (QED) is 0.311. The fourth-order valence-corrected chi connectivity index (χ4v) is 5.58. The molecule has 0 bridgehead atoms. The van der Waals surface area contributed by atoms with E-state index in [1.54, 1.807) is 46.3 Å². The second-order valence-electron chi connectivity index (χ2n) is 9.70. The molecule has 9 nitrogen and oxygen atoms in total. The van der Waals surface area contributed by atoms with Crippen molar-refractivity contribution in [1.29, 1.82) is 0 Å². The largest absolute Gasteiger partial charge is 0.493 e. The van der Waals surface area contributed by atoms with Crippen molar-refractivity contribution in [1.82, 2.24) is 0 Å². The number of carbonyl (C=O) groups is 3. The van der Waals surface area contributed by atoms with Crippen molar-refractivity contribution in [2.75, 3.05) is 27.4 Å². The highest BCUT2D eigenvalue weighted by Crippen LogP contribution is 2.48. The lowest BCUT2D eigenvalue weighted by atomic mass is 9.66. The number of benzene rings is 2. The van der Waals surface area contributed by atoms with Crippen molar-refractivity contribution < 1.29 is 38.1 Å². The molecule has 2 aliphatic rings. The predicted octanol–water partition coefficient (Wildman–Crippen LogP) is 5.17. The van der Waals surface area contributed by atoms with Gasteiger partial charge in [-0.15, -0.1) is 0 Å². The van der Waals surface area contributed by atoms with E-state index in [4.69, 9.17) is 28.7 Å². The number of hydrogen-bond acceptors (Lipinski definition) is 9. The molecule has 40 heavy (non-hydrogen) atoms. The van der Waals surface area contributed by atoms with E-state index in [1.807, 2.05) is 25.1 Å². The lowest BCUT2D eigenvalue weighted by molar-refractivity contribution is -0.139. The number of hydrogen-bond donors (Lipinski definition) is 0. The van der Waals surface area contributed by atoms with Crippen LogP contribution in [0.15, 0.2) is 52.7 Å². The topological polar surface area (TPSA) is 110 Å². The van der Waals surface area contributed by atoms with Crippen LogP contribution in [-0.2, 0) is 19.1 Å². The number of fused-ring (bicyclic) bond motifs is 1. The van der Waals surface area contributed by atoms with Gasteiger partial charge in [0.2, 0.25) is 0 Å². The number of rotatable bonds is 9. The molecule has 0 spiro atoms. The van der Waals surface area contributed by atoms with E-state index in [9.17, 15) is 14.4 Å². The summed E-state index contributed by atoms with van der Waals surface area (Å²) in [6.07, 6.45) is 0.814. The summed E-state index contributed by atoms with van der Waals surface area (Å²) in [6.45, 7) is 7.17. The van der Waals surface area contributed by atoms with Gasteiger partial charge in [-0.1, -0.05) is 12.1 Å². The molecule has 2 aromatic rings. The lowest BCUT2D eigenvalue weighted by Crippen LogP contribution is -2.41. The highest BCUT2D eigenvalue weighted by atomic mass is 16.6. The average molecular weight is 550 g/mol. The summed E-state index contributed by atoms with van der Waals surface area (Å²) in [6, 6.07) is 10.8. The average Bonchev–Trinajstić information content (AvgIpc) is 2.92. The third kappa shape index (κ3) is 5.73. The molecule has 2 aromatic carbocycles. The summed E-state index contributed by atoms with van der Waals surface area (Å²) < 4.78 is 27.3. The van der Waals surface area contributed by atoms with E-state index in [2.05, 4.69) is 0 Å². The Morgan fingerprint density at radius 1 is 0.875 bits per heavy atom. The molecule has 0 saturated heterocycles. The highest BCUT2D eigenvalue weighted by Gasteiger charge is 2.46. The van der Waals surface area contributed by atoms with Gasteiger partial charge in [0.1, 0.15) is 5.78 Å². The summed E-state index contributed by atoms with van der Waals surface area (Å²) in [7, 11) is 3.16. The zero-order chi connectivity index (χ0) is 29.0. The van der Waals surface area contributed by atoms with Gasteiger partial charge in [-0.2, -0.15) is 0 Å². The van der Waals surface area contributed by atoms with E-state index < -0.39 is 23.8 Å². The van der Waals surface area contributed by atoms with Crippen LogP contribution >= 0.6 is 0 Å². The Bertz CT molecular complexity index is 1380. The van der Waals surface area contributed by atoms with Crippen molar-refractivity contribution in [3.8, 4) is 23.0 Å². The molecular weight excluding hydrogens is 514 g/mol. The minimum Gasteiger partial charge on any atom is -0.493 e. The monoisotopic (exact) mass is 549 g/mol. The van der Waals surface area contributed by atoms with Gasteiger partial charge in [-0.25, -0.2) is 4.79 Å². The fraction of sp³-hybridized carbons (Fsp3) is 0.419. The van der Waals surface area contributed by atoms with Crippen molar-refractivity contribution in [2.45, 2.75) is 52.4 Å². The normalized spacial score (nSPS) is 20.3. The second kappa shape index (κ2) is 12.4. The number of carbonyl (C=O) groups excluding carboxylic acids is 3. The van der Waals surface area contributed by atoms with Crippen molar-refractivity contribution >= 4 is 23.4 Å². The molecule has 0 amide bonds. The molecule has 9 heteroatoms. The maximum atomic E-state index is 13.9. The standard InChI is InChI=1S/C31H35NO8/c1-7-38-27-16-20(10-12-25(27)40-18(4)33)29-28(31(35)39-8-2)17(3)32-22-13-21(14-23(34)30(22)29)19-9-11-24(36-5)26(15-19)37-6/h9-12,15-16,21,29-30H,7-8,13-14H2,1-6H3/t21-,29+,30?/m1/s1. The van der Waals surface area contributed by atoms with Crippen LogP contribution in [0.5, 0.6) is 23.0 Å². The number of Topliss-reactive ketones (excluding diaryl/α,β-unsaturated/α-hetero) is 1. The van der Waals surface area contributed by atoms with Crippen LogP contribution in [0.2, 0.25) is 0 Å². The Balaban J connectivity index is 1.79. The fourth-order valence-electron chi connectivity index (χ4n) is 5.58. The molecule has 1 heterocycles. The molecule has 1 saturated carbocycles. The number of methoxy groups -OCH3 is 2. The van der Waals surface area contributed by atoms with Gasteiger partial charge in [0.15, 0.2) is 23.0 Å². The van der Waals surface area contributed by atoms with Gasteiger partial charge in [-0.05, 0) is 68.5 Å². The Hall–Kier alpha value is -4.14. The van der Waals surface area contributed by atoms with E-state index in [-0.39, 0.29) is 30.5 Å². The van der Waals surface area contributed by atoms with Crippen LogP contribution in [-0.4, -0.2) is 50.9 Å². The third-order valence-corrected chi connectivity index (χ3v) is 7.21. The maximum Gasteiger partial charge on any atom is 0.336 e. The molecule has 1 aliphatic heterocycles. The molecule has 1 fully saturated rings. The SMILES string of the molecule is CCOC(=O)C1=C(C)N=C2C[C@@H](c3ccc(OC)c(OC)c3)CC(=O)C2[C@H]1c1ccc(OC(C)=O)c(OCC)c1. The number of esters is 2. The van der Waals surface area contributed by atoms with E-state index >= 15 is 0 Å². The number of aliphatic imine (C=N–C) groups is 1. The molecule has 1 unspecified atom stereocenters. The van der Waals surface area contributed by atoms with Gasteiger partial charge in [0.05, 0.1) is 38.9 Å². The van der Waals surface area contributed by atoms with Gasteiger partial charge < -0.3 is 23.7 Å². The second-order valence-corrected chi connectivity index (χ2v) is 9.70. The number of nitrogens with zero attached hydrogens (tertiary/aromatic N) is 1. The Morgan fingerprint density at radius 3 is 2.20 bits per heavy atom. The third-order valence-electron chi connectivity index (χ3n) is 7.21. The van der Waals surface area contributed by atoms with E-state index in [1.165, 1.54) is 6.92 Å².